The van der Waals surface area contributed by atoms with E-state index in [9.17, 15) is 4.79 Å². The van der Waals surface area contributed by atoms with E-state index >= 15 is 0 Å². The molecule has 0 bridgehead atoms. The predicted molar refractivity (Wildman–Crippen MR) is 87.8 cm³/mol. The maximum Gasteiger partial charge on any atom is 0.340 e. The molecule has 0 spiro atoms. The Labute approximate surface area is 133 Å². The van der Waals surface area contributed by atoms with E-state index in [1.807, 2.05) is 23.0 Å². The van der Waals surface area contributed by atoms with Crippen molar-refractivity contribution in [2.75, 3.05) is 13.7 Å². The first-order valence-electron chi connectivity index (χ1n) is 7.66. The number of methoxy groups -OCH3 is 1. The summed E-state index contributed by atoms with van der Waals surface area (Å²) in [6, 6.07) is 11.9. The highest BCUT2D eigenvalue weighted by Crippen LogP contribution is 2.22. The summed E-state index contributed by atoms with van der Waals surface area (Å²) < 4.78 is 6.66. The van der Waals surface area contributed by atoms with Crippen molar-refractivity contribution < 1.29 is 9.53 Å². The summed E-state index contributed by atoms with van der Waals surface area (Å²) in [5, 5.41) is 8.90. The van der Waals surface area contributed by atoms with Crippen molar-refractivity contribution in [2.45, 2.75) is 13.0 Å². The lowest BCUT2D eigenvalue weighted by Crippen LogP contribution is -2.23. The highest BCUT2D eigenvalue weighted by Gasteiger charge is 2.15. The van der Waals surface area contributed by atoms with Crippen LogP contribution in [-0.4, -0.2) is 29.4 Å². The summed E-state index contributed by atoms with van der Waals surface area (Å²) in [6.07, 6.45) is 3.00. The van der Waals surface area contributed by atoms with Crippen LogP contribution in [0.25, 0.3) is 16.6 Å². The number of benzene rings is 2. The van der Waals surface area contributed by atoms with Crippen LogP contribution in [0.15, 0.2) is 42.6 Å². The molecular weight excluding hydrogens is 290 g/mol. The van der Waals surface area contributed by atoms with Crippen LogP contribution in [0.5, 0.6) is 0 Å². The number of hydrogen-bond acceptors (Lipinski definition) is 4. The summed E-state index contributed by atoms with van der Waals surface area (Å²) in [5.41, 5.74) is 4.85. The molecule has 0 unspecified atom stereocenters. The van der Waals surface area contributed by atoms with Gasteiger partial charge in [-0.3, -0.25) is 0 Å². The fourth-order valence-corrected chi connectivity index (χ4v) is 3.06. The minimum absolute atomic E-state index is 0.365. The van der Waals surface area contributed by atoms with E-state index in [-0.39, 0.29) is 5.97 Å². The largest absolute Gasteiger partial charge is 0.465 e. The van der Waals surface area contributed by atoms with E-state index in [0.29, 0.717) is 11.1 Å². The summed E-state index contributed by atoms with van der Waals surface area (Å²) in [7, 11) is 1.38. The number of esters is 1. The molecule has 1 aromatic heterocycles. The van der Waals surface area contributed by atoms with Gasteiger partial charge in [0.1, 0.15) is 5.52 Å². The Morgan fingerprint density at radius 1 is 1.26 bits per heavy atom. The van der Waals surface area contributed by atoms with Crippen LogP contribution in [0.2, 0.25) is 0 Å². The number of fused-ring (bicyclic) bond motifs is 2. The van der Waals surface area contributed by atoms with Gasteiger partial charge in [-0.05, 0) is 42.3 Å². The van der Waals surface area contributed by atoms with Crippen molar-refractivity contribution in [1.82, 2.24) is 15.1 Å². The lowest BCUT2D eigenvalue weighted by Gasteiger charge is -2.17. The third-order valence-electron chi connectivity index (χ3n) is 4.28. The molecule has 0 saturated carbocycles. The van der Waals surface area contributed by atoms with Gasteiger partial charge in [-0.1, -0.05) is 18.2 Å². The first-order valence-corrected chi connectivity index (χ1v) is 7.66. The molecule has 0 fully saturated rings. The van der Waals surface area contributed by atoms with Gasteiger partial charge >= 0.3 is 5.97 Å². The van der Waals surface area contributed by atoms with Gasteiger partial charge in [-0.2, -0.15) is 5.10 Å². The summed E-state index contributed by atoms with van der Waals surface area (Å²) in [4.78, 5) is 11.9. The number of nitrogens with zero attached hydrogens (tertiary/aromatic N) is 2. The Morgan fingerprint density at radius 2 is 2.17 bits per heavy atom. The van der Waals surface area contributed by atoms with Crippen molar-refractivity contribution in [1.29, 1.82) is 0 Å². The molecule has 0 aliphatic carbocycles. The smallest absolute Gasteiger partial charge is 0.340 e. The molecule has 0 saturated heterocycles. The molecule has 2 heterocycles. The second-order valence-corrected chi connectivity index (χ2v) is 5.69. The Morgan fingerprint density at radius 3 is 3.04 bits per heavy atom. The van der Waals surface area contributed by atoms with Crippen LogP contribution < -0.4 is 5.32 Å². The Balaban J connectivity index is 1.82. The molecule has 0 radical (unpaired) electrons. The Bertz CT molecular complexity index is 898. The SMILES string of the molecule is COC(=O)c1cccc2cn(-c3ccc4c(c3)CNCC4)nc12. The molecule has 2 aromatic carbocycles. The zero-order valence-corrected chi connectivity index (χ0v) is 12.9. The van der Waals surface area contributed by atoms with Gasteiger partial charge in [0.25, 0.3) is 0 Å². The molecule has 5 heteroatoms. The van der Waals surface area contributed by atoms with Crippen LogP contribution in [0.1, 0.15) is 21.5 Å². The highest BCUT2D eigenvalue weighted by atomic mass is 16.5. The Kier molecular flexibility index (Phi) is 3.35. The normalized spacial score (nSPS) is 13.8. The number of nitrogens with one attached hydrogen (secondary N) is 1. The van der Waals surface area contributed by atoms with Gasteiger partial charge < -0.3 is 10.1 Å². The molecule has 4 rings (SSSR count). The number of hydrogen-bond donors (Lipinski definition) is 1. The van der Waals surface area contributed by atoms with Gasteiger partial charge in [0.15, 0.2) is 0 Å². The zero-order chi connectivity index (χ0) is 15.8. The minimum atomic E-state index is -0.365. The van der Waals surface area contributed by atoms with Crippen molar-refractivity contribution in [3.8, 4) is 5.69 Å². The lowest BCUT2D eigenvalue weighted by molar-refractivity contribution is 0.0602. The van der Waals surface area contributed by atoms with Gasteiger partial charge in [0, 0.05) is 18.1 Å². The van der Waals surface area contributed by atoms with E-state index < -0.39 is 0 Å². The Hall–Kier alpha value is -2.66. The van der Waals surface area contributed by atoms with Crippen LogP contribution in [0.4, 0.5) is 0 Å². The van der Waals surface area contributed by atoms with Crippen molar-refractivity contribution in [2.24, 2.45) is 0 Å². The van der Waals surface area contributed by atoms with E-state index in [2.05, 4.69) is 28.6 Å². The maximum atomic E-state index is 11.9. The molecule has 1 aliphatic rings. The van der Waals surface area contributed by atoms with E-state index in [0.717, 1.165) is 30.6 Å². The van der Waals surface area contributed by atoms with Gasteiger partial charge in [0.2, 0.25) is 0 Å². The van der Waals surface area contributed by atoms with Crippen LogP contribution in [0.3, 0.4) is 0 Å². The van der Waals surface area contributed by atoms with Gasteiger partial charge in [-0.25, -0.2) is 9.48 Å². The van der Waals surface area contributed by atoms with Crippen molar-refractivity contribution in [3.63, 3.8) is 0 Å². The molecule has 23 heavy (non-hydrogen) atoms. The second-order valence-electron chi connectivity index (χ2n) is 5.69. The minimum Gasteiger partial charge on any atom is -0.465 e. The van der Waals surface area contributed by atoms with Gasteiger partial charge in [0.05, 0.1) is 18.4 Å². The average molecular weight is 307 g/mol. The fourth-order valence-electron chi connectivity index (χ4n) is 3.06. The van der Waals surface area contributed by atoms with Crippen LogP contribution in [-0.2, 0) is 17.7 Å². The highest BCUT2D eigenvalue weighted by molar-refractivity contribution is 6.02. The fraction of sp³-hybridized carbons (Fsp3) is 0.222. The number of rotatable bonds is 2. The van der Waals surface area contributed by atoms with Gasteiger partial charge in [-0.15, -0.1) is 0 Å². The maximum absolute atomic E-state index is 11.9. The first-order chi connectivity index (χ1) is 11.3. The third-order valence-corrected chi connectivity index (χ3v) is 4.28. The zero-order valence-electron chi connectivity index (χ0n) is 12.9. The van der Waals surface area contributed by atoms with E-state index in [1.54, 1.807) is 6.07 Å². The van der Waals surface area contributed by atoms with E-state index in [4.69, 9.17) is 4.74 Å². The molecule has 116 valence electrons. The standard InChI is InChI=1S/C18H17N3O2/c1-23-18(22)16-4-2-3-13-11-21(20-17(13)16)15-6-5-12-7-8-19-10-14(12)9-15/h2-6,9,11,19H,7-8,10H2,1H3. The number of carbonyl (C=O) groups is 1. The molecule has 3 aromatic rings. The summed E-state index contributed by atoms with van der Waals surface area (Å²) >= 11 is 0. The first kappa shape index (κ1) is 14.0. The summed E-state index contributed by atoms with van der Waals surface area (Å²) in [6.45, 7) is 1.91. The second kappa shape index (κ2) is 5.52. The average Bonchev–Trinajstić information content (AvgIpc) is 3.04. The number of carbonyl (C=O) groups excluding carboxylic acids is 1. The van der Waals surface area contributed by atoms with Crippen LogP contribution >= 0.6 is 0 Å². The molecule has 1 N–H and O–H groups in total. The topological polar surface area (TPSA) is 56.1 Å². The molecule has 5 nitrogen and oxygen atoms in total. The number of ether oxygens (including phenoxy) is 1. The molecule has 0 amide bonds. The van der Waals surface area contributed by atoms with Crippen molar-refractivity contribution >= 4 is 16.9 Å². The summed E-state index contributed by atoms with van der Waals surface area (Å²) in [5.74, 6) is -0.365. The predicted octanol–water partition coefficient (Wildman–Crippen LogP) is 2.46. The molecule has 1 aliphatic heterocycles. The van der Waals surface area contributed by atoms with Crippen LogP contribution in [0, 0.1) is 0 Å². The number of aromatic nitrogens is 2. The lowest BCUT2D eigenvalue weighted by atomic mass is 10.0. The van der Waals surface area contributed by atoms with E-state index in [1.165, 1.54) is 18.2 Å². The molecule has 0 atom stereocenters. The third kappa shape index (κ3) is 2.39. The van der Waals surface area contributed by atoms with Crippen molar-refractivity contribution in [3.05, 3.63) is 59.3 Å². The quantitative estimate of drug-likeness (QED) is 0.739. The molecular formula is C18H17N3O2. The monoisotopic (exact) mass is 307 g/mol.